The Labute approximate surface area is 155 Å². The van der Waals surface area contributed by atoms with Crippen molar-refractivity contribution in [1.29, 1.82) is 0 Å². The van der Waals surface area contributed by atoms with Crippen molar-refractivity contribution in [3.8, 4) is 0 Å². The first-order valence-corrected chi connectivity index (χ1v) is 8.61. The number of fused-ring (bicyclic) bond motifs is 1. The summed E-state index contributed by atoms with van der Waals surface area (Å²) in [6.45, 7) is 2.52. The minimum absolute atomic E-state index is 0.405. The third kappa shape index (κ3) is 3.86. The maximum absolute atomic E-state index is 13.9. The van der Waals surface area contributed by atoms with Crippen LogP contribution in [-0.4, -0.2) is 21.5 Å². The third-order valence-electron chi connectivity index (χ3n) is 4.98. The van der Waals surface area contributed by atoms with E-state index in [2.05, 4.69) is 0 Å². The lowest BCUT2D eigenvalue weighted by atomic mass is 9.74. The quantitative estimate of drug-likeness (QED) is 0.587. The van der Waals surface area contributed by atoms with Crippen LogP contribution in [0, 0.1) is 5.82 Å². The highest BCUT2D eigenvalue weighted by atomic mass is 19.4. The van der Waals surface area contributed by atoms with Gasteiger partial charge in [0.25, 0.3) is 0 Å². The number of aliphatic hydroxyl groups is 1. The first-order chi connectivity index (χ1) is 12.5. The molecular weight excluding hydrogens is 358 g/mol. The summed E-state index contributed by atoms with van der Waals surface area (Å²) < 4.78 is 56.6. The van der Waals surface area contributed by atoms with E-state index < -0.39 is 36.0 Å². The average Bonchev–Trinajstić information content (AvgIpc) is 2.96. The fraction of sp³-hybridized carbons (Fsp3) is 0.333. The van der Waals surface area contributed by atoms with Crippen LogP contribution < -0.4 is 0 Å². The van der Waals surface area contributed by atoms with Crippen LogP contribution in [-0.2, 0) is 12.0 Å². The van der Waals surface area contributed by atoms with Gasteiger partial charge in [0.2, 0.25) is 0 Å². The molecule has 1 aromatic heterocycles. The van der Waals surface area contributed by atoms with E-state index in [0.717, 1.165) is 5.39 Å². The highest BCUT2D eigenvalue weighted by Gasteiger charge is 2.56. The van der Waals surface area contributed by atoms with Gasteiger partial charge in [-0.3, -0.25) is 0 Å². The summed E-state index contributed by atoms with van der Waals surface area (Å²) >= 11 is 0. The van der Waals surface area contributed by atoms with Gasteiger partial charge >= 0.3 is 6.18 Å². The molecule has 0 spiro atoms. The topological polar surface area (TPSA) is 25.2 Å². The maximum Gasteiger partial charge on any atom is 0.418 e. The van der Waals surface area contributed by atoms with E-state index in [-0.39, 0.29) is 0 Å². The number of rotatable bonds is 5. The van der Waals surface area contributed by atoms with E-state index in [1.807, 2.05) is 0 Å². The molecule has 0 saturated heterocycles. The number of para-hydroxylation sites is 1. The van der Waals surface area contributed by atoms with Crippen LogP contribution in [0.5, 0.6) is 0 Å². The highest BCUT2D eigenvalue weighted by Crippen LogP contribution is 2.42. The maximum atomic E-state index is 13.9. The first kappa shape index (κ1) is 19.4. The largest absolute Gasteiger partial charge is 0.418 e. The monoisotopic (exact) mass is 379 g/mol. The van der Waals surface area contributed by atoms with Gasteiger partial charge in [-0.1, -0.05) is 44.2 Å². The Morgan fingerprint density at radius 3 is 2.33 bits per heavy atom. The number of benzene rings is 2. The van der Waals surface area contributed by atoms with Gasteiger partial charge in [0.05, 0.1) is 6.54 Å². The van der Waals surface area contributed by atoms with Gasteiger partial charge in [-0.05, 0) is 47.1 Å². The van der Waals surface area contributed by atoms with E-state index in [4.69, 9.17) is 0 Å². The van der Waals surface area contributed by atoms with Crippen molar-refractivity contribution in [2.75, 3.05) is 0 Å². The summed E-state index contributed by atoms with van der Waals surface area (Å²) in [6, 6.07) is 14.2. The van der Waals surface area contributed by atoms with Crippen molar-refractivity contribution >= 4 is 10.9 Å². The summed E-state index contributed by atoms with van der Waals surface area (Å²) in [4.78, 5) is 0. The zero-order chi connectivity index (χ0) is 19.9. The fourth-order valence-electron chi connectivity index (χ4n) is 3.55. The number of hydrogen-bond acceptors (Lipinski definition) is 1. The molecule has 0 fully saturated rings. The standard InChI is InChI=1S/C21H21F4NO/c1-19(2,16-7-5-8-17(22)12-16)13-20(27,21(23,24)25)14-26-11-10-15-6-3-4-9-18(15)26/h3-12,27H,13-14H2,1-2H3. The Bertz CT molecular complexity index is 945. The number of aromatic nitrogens is 1. The highest BCUT2D eigenvalue weighted by molar-refractivity contribution is 5.79. The molecular formula is C21H21F4NO. The van der Waals surface area contributed by atoms with Crippen LogP contribution in [0.25, 0.3) is 10.9 Å². The number of alkyl halides is 3. The summed E-state index contributed by atoms with van der Waals surface area (Å²) in [5.74, 6) is -0.521. The predicted octanol–water partition coefficient (Wildman–Crippen LogP) is 5.44. The molecule has 1 heterocycles. The van der Waals surface area contributed by atoms with Crippen molar-refractivity contribution in [2.24, 2.45) is 0 Å². The molecule has 1 N–H and O–H groups in total. The van der Waals surface area contributed by atoms with E-state index >= 15 is 0 Å². The molecule has 1 atom stereocenters. The lowest BCUT2D eigenvalue weighted by Crippen LogP contribution is -2.52. The van der Waals surface area contributed by atoms with E-state index in [1.165, 1.54) is 29.0 Å². The third-order valence-corrected chi connectivity index (χ3v) is 4.98. The van der Waals surface area contributed by atoms with Gasteiger partial charge in [0.1, 0.15) is 5.82 Å². The molecule has 6 heteroatoms. The van der Waals surface area contributed by atoms with Crippen LogP contribution in [0.15, 0.2) is 60.8 Å². The van der Waals surface area contributed by atoms with Crippen LogP contribution >= 0.6 is 0 Å². The summed E-state index contributed by atoms with van der Waals surface area (Å²) in [7, 11) is 0. The van der Waals surface area contributed by atoms with Crippen LogP contribution in [0.2, 0.25) is 0 Å². The Kier molecular flexibility index (Phi) is 4.80. The van der Waals surface area contributed by atoms with Crippen LogP contribution in [0.4, 0.5) is 17.6 Å². The number of nitrogens with zero attached hydrogens (tertiary/aromatic N) is 1. The SMILES string of the molecule is CC(C)(CC(O)(Cn1ccc2ccccc21)C(F)(F)F)c1cccc(F)c1. The molecule has 3 rings (SSSR count). The van der Waals surface area contributed by atoms with Gasteiger partial charge < -0.3 is 9.67 Å². The molecule has 0 amide bonds. The second-order valence-corrected chi connectivity index (χ2v) is 7.60. The molecule has 0 aliphatic heterocycles. The predicted molar refractivity (Wildman–Crippen MR) is 97.0 cm³/mol. The first-order valence-electron chi connectivity index (χ1n) is 8.61. The van der Waals surface area contributed by atoms with E-state index in [9.17, 15) is 22.7 Å². The van der Waals surface area contributed by atoms with Crippen molar-refractivity contribution in [3.63, 3.8) is 0 Å². The minimum atomic E-state index is -4.84. The summed E-state index contributed by atoms with van der Waals surface area (Å²) in [6.07, 6.45) is -3.90. The Balaban J connectivity index is 1.98. The molecule has 2 aromatic carbocycles. The summed E-state index contributed by atoms with van der Waals surface area (Å²) in [5.41, 5.74) is -3.04. The number of hydrogen-bond donors (Lipinski definition) is 1. The van der Waals surface area contributed by atoms with Crippen molar-refractivity contribution in [2.45, 2.75) is 44.0 Å². The number of halogens is 4. The van der Waals surface area contributed by atoms with E-state index in [1.54, 1.807) is 50.2 Å². The fourth-order valence-corrected chi connectivity index (χ4v) is 3.55. The smallest absolute Gasteiger partial charge is 0.379 e. The lowest BCUT2D eigenvalue weighted by Gasteiger charge is -2.38. The van der Waals surface area contributed by atoms with Gasteiger partial charge in [-0.25, -0.2) is 4.39 Å². The average molecular weight is 379 g/mol. The van der Waals surface area contributed by atoms with Crippen molar-refractivity contribution in [3.05, 3.63) is 72.2 Å². The molecule has 1 unspecified atom stereocenters. The molecule has 27 heavy (non-hydrogen) atoms. The Morgan fingerprint density at radius 2 is 1.67 bits per heavy atom. The molecule has 0 bridgehead atoms. The molecule has 3 aromatic rings. The molecule has 0 aliphatic carbocycles. The van der Waals surface area contributed by atoms with Gasteiger partial charge in [-0.15, -0.1) is 0 Å². The van der Waals surface area contributed by atoms with Crippen molar-refractivity contribution < 1.29 is 22.7 Å². The zero-order valence-corrected chi connectivity index (χ0v) is 15.1. The van der Waals surface area contributed by atoms with Crippen LogP contribution in [0.1, 0.15) is 25.8 Å². The molecule has 0 radical (unpaired) electrons. The Hall–Kier alpha value is -2.34. The zero-order valence-electron chi connectivity index (χ0n) is 15.1. The molecule has 144 valence electrons. The molecule has 2 nitrogen and oxygen atoms in total. The molecule has 0 saturated carbocycles. The second-order valence-electron chi connectivity index (χ2n) is 7.60. The van der Waals surface area contributed by atoms with Gasteiger partial charge in [-0.2, -0.15) is 13.2 Å². The second kappa shape index (κ2) is 6.68. The molecule has 0 aliphatic rings. The Morgan fingerprint density at radius 1 is 0.963 bits per heavy atom. The minimum Gasteiger partial charge on any atom is -0.379 e. The van der Waals surface area contributed by atoms with Crippen LogP contribution in [0.3, 0.4) is 0 Å². The summed E-state index contributed by atoms with van der Waals surface area (Å²) in [5, 5.41) is 11.5. The van der Waals surface area contributed by atoms with Gasteiger partial charge in [0, 0.05) is 11.7 Å². The lowest BCUT2D eigenvalue weighted by molar-refractivity contribution is -0.271. The van der Waals surface area contributed by atoms with E-state index in [0.29, 0.717) is 11.1 Å². The van der Waals surface area contributed by atoms with Crippen molar-refractivity contribution in [1.82, 2.24) is 4.57 Å². The van der Waals surface area contributed by atoms with Gasteiger partial charge in [0.15, 0.2) is 5.60 Å². The normalized spacial score (nSPS) is 15.1.